The van der Waals surface area contributed by atoms with Crippen molar-refractivity contribution in [2.24, 2.45) is 11.8 Å². The zero-order valence-corrected chi connectivity index (χ0v) is 20.8. The van der Waals surface area contributed by atoms with Crippen LogP contribution in [0.5, 0.6) is 0 Å². The zero-order chi connectivity index (χ0) is 24.5. The maximum Gasteiger partial charge on any atom is 0.328 e. The highest BCUT2D eigenvalue weighted by atomic mass is 16.5. The molecule has 0 aromatic heterocycles. The number of hydrogen-bond donors (Lipinski definition) is 2. The van der Waals surface area contributed by atoms with Gasteiger partial charge in [0.15, 0.2) is 0 Å². The monoisotopic (exact) mass is 456 g/mol. The van der Waals surface area contributed by atoms with Crippen LogP contribution in [0, 0.1) is 11.8 Å². The predicted octanol–water partition coefficient (Wildman–Crippen LogP) is 3.17. The molecule has 4 atom stereocenters. The van der Waals surface area contributed by atoms with Crippen molar-refractivity contribution in [2.75, 3.05) is 20.3 Å². The molecule has 0 aliphatic carbocycles. The smallest absolute Gasteiger partial charge is 0.328 e. The number of rotatable bonds is 18. The average Bonchev–Trinajstić information content (AvgIpc) is 2.77. The molecule has 0 saturated heterocycles. The summed E-state index contributed by atoms with van der Waals surface area (Å²) in [5.41, 5.74) is 0. The fourth-order valence-electron chi connectivity index (χ4n) is 3.16. The van der Waals surface area contributed by atoms with E-state index < -0.39 is 12.0 Å². The van der Waals surface area contributed by atoms with Crippen molar-refractivity contribution in [1.82, 2.24) is 10.6 Å². The molecule has 0 aromatic carbocycles. The van der Waals surface area contributed by atoms with E-state index in [0.29, 0.717) is 13.0 Å². The Morgan fingerprint density at radius 3 is 1.66 bits per heavy atom. The number of esters is 2. The number of likely N-dealkylation sites (N-methyl/N-ethyl adjacent to an activating group) is 1. The number of unbranched alkanes of at least 4 members (excludes halogenated alkanes) is 3. The van der Waals surface area contributed by atoms with E-state index in [2.05, 4.69) is 10.6 Å². The number of amides is 1. The molecule has 0 radical (unpaired) electrons. The van der Waals surface area contributed by atoms with Crippen molar-refractivity contribution in [1.29, 1.82) is 0 Å². The highest BCUT2D eigenvalue weighted by Gasteiger charge is 2.27. The van der Waals surface area contributed by atoms with Crippen molar-refractivity contribution in [3.8, 4) is 0 Å². The molecule has 0 rings (SSSR count). The maximum atomic E-state index is 12.4. The molecule has 0 heterocycles. The first kappa shape index (κ1) is 30.0. The largest absolute Gasteiger partial charge is 0.465 e. The first-order valence-corrected chi connectivity index (χ1v) is 12.0. The number of Topliss-reactive ketones (excluding diaryl/α,β-unsaturated/α-hetero) is 1. The lowest BCUT2D eigenvalue weighted by Gasteiger charge is -2.22. The third kappa shape index (κ3) is 12.8. The van der Waals surface area contributed by atoms with Gasteiger partial charge in [-0.05, 0) is 51.5 Å². The lowest BCUT2D eigenvalue weighted by molar-refractivity contribution is -0.150. The van der Waals surface area contributed by atoms with Gasteiger partial charge in [-0.3, -0.25) is 9.59 Å². The van der Waals surface area contributed by atoms with Crippen LogP contribution in [0.2, 0.25) is 0 Å². The van der Waals surface area contributed by atoms with E-state index in [0.717, 1.165) is 32.1 Å². The summed E-state index contributed by atoms with van der Waals surface area (Å²) in [6.07, 6.45) is 5.05. The molecule has 0 saturated carbocycles. The molecule has 0 spiro atoms. The Morgan fingerprint density at radius 2 is 1.22 bits per heavy atom. The van der Waals surface area contributed by atoms with Gasteiger partial charge in [-0.25, -0.2) is 4.79 Å². The molecule has 1 amide bonds. The van der Waals surface area contributed by atoms with Crippen LogP contribution in [-0.2, 0) is 28.7 Å². The van der Waals surface area contributed by atoms with Gasteiger partial charge >= 0.3 is 11.9 Å². The van der Waals surface area contributed by atoms with Crippen LogP contribution >= 0.6 is 0 Å². The molecule has 0 bridgehead atoms. The van der Waals surface area contributed by atoms with E-state index >= 15 is 0 Å². The Hall–Kier alpha value is -1.96. The maximum absolute atomic E-state index is 12.4. The summed E-state index contributed by atoms with van der Waals surface area (Å²) in [7, 11) is 1.77. The van der Waals surface area contributed by atoms with E-state index in [-0.39, 0.29) is 55.0 Å². The van der Waals surface area contributed by atoms with Gasteiger partial charge in [0.1, 0.15) is 17.9 Å². The van der Waals surface area contributed by atoms with Gasteiger partial charge in [0.05, 0.1) is 13.2 Å². The number of ether oxygens (including phenoxy) is 2. The van der Waals surface area contributed by atoms with Crippen molar-refractivity contribution in [3.63, 3.8) is 0 Å². The fourth-order valence-corrected chi connectivity index (χ4v) is 3.16. The van der Waals surface area contributed by atoms with Crippen LogP contribution < -0.4 is 10.6 Å². The van der Waals surface area contributed by atoms with Gasteiger partial charge in [0.25, 0.3) is 0 Å². The minimum absolute atomic E-state index is 0.0599. The quantitative estimate of drug-likeness (QED) is 0.241. The van der Waals surface area contributed by atoms with Gasteiger partial charge in [-0.1, -0.05) is 40.5 Å². The molecular formula is C24H44N2O6. The highest BCUT2D eigenvalue weighted by molar-refractivity contribution is 5.87. The van der Waals surface area contributed by atoms with Crippen molar-refractivity contribution < 1.29 is 28.7 Å². The molecule has 2 N–H and O–H groups in total. The first-order chi connectivity index (χ1) is 15.2. The molecule has 32 heavy (non-hydrogen) atoms. The number of hydrogen-bond acceptors (Lipinski definition) is 7. The summed E-state index contributed by atoms with van der Waals surface area (Å²) in [6, 6.07) is -0.981. The van der Waals surface area contributed by atoms with E-state index in [1.165, 1.54) is 6.92 Å². The molecule has 8 nitrogen and oxygen atoms in total. The Kier molecular flexibility index (Phi) is 16.5. The number of nitrogens with one attached hydrogen (secondary N) is 2. The van der Waals surface area contributed by atoms with E-state index in [4.69, 9.17) is 9.47 Å². The average molecular weight is 457 g/mol. The normalized spacial score (nSPS) is 14.7. The summed E-state index contributed by atoms with van der Waals surface area (Å²) in [5, 5.41) is 5.72. The summed E-state index contributed by atoms with van der Waals surface area (Å²) in [6.45, 7) is 10.00. The minimum atomic E-state index is -0.704. The Balaban J connectivity index is 4.15. The summed E-state index contributed by atoms with van der Waals surface area (Å²) >= 11 is 0. The van der Waals surface area contributed by atoms with Crippen LogP contribution in [0.15, 0.2) is 0 Å². The van der Waals surface area contributed by atoms with Crippen LogP contribution in [0.1, 0.15) is 86.0 Å². The van der Waals surface area contributed by atoms with Crippen molar-refractivity contribution >= 4 is 23.6 Å². The van der Waals surface area contributed by atoms with Crippen LogP contribution in [-0.4, -0.2) is 56.0 Å². The second kappa shape index (κ2) is 17.6. The van der Waals surface area contributed by atoms with Crippen LogP contribution in [0.4, 0.5) is 0 Å². The summed E-state index contributed by atoms with van der Waals surface area (Å²) < 4.78 is 10.7. The molecule has 186 valence electrons. The molecule has 0 aromatic rings. The van der Waals surface area contributed by atoms with Gasteiger partial charge in [0.2, 0.25) is 5.91 Å². The third-order valence-electron chi connectivity index (χ3n) is 5.79. The predicted molar refractivity (Wildman–Crippen MR) is 124 cm³/mol. The minimum Gasteiger partial charge on any atom is -0.465 e. The Labute approximate surface area is 193 Å². The number of carbonyl (C=O) groups is 4. The molecule has 8 heteroatoms. The molecule has 4 unspecified atom stereocenters. The first-order valence-electron chi connectivity index (χ1n) is 12.0. The lowest BCUT2D eigenvalue weighted by atomic mass is 9.99. The number of ketones is 1. The zero-order valence-electron chi connectivity index (χ0n) is 20.8. The fraction of sp³-hybridized carbons (Fsp3) is 0.833. The topological polar surface area (TPSA) is 111 Å². The standard InChI is InChI=1S/C24H44N2O6/c1-7-17(3)21(25-6)23(29)31-15-11-9-10-12-16-32-24(30)22(18(4)8-2)26-20(28)14-13-19(5)27/h17-18,21-22,25H,7-16H2,1-6H3,(H,26,28). The molecular weight excluding hydrogens is 412 g/mol. The van der Waals surface area contributed by atoms with Gasteiger partial charge in [0, 0.05) is 12.8 Å². The molecule has 0 fully saturated rings. The second-order valence-electron chi connectivity index (χ2n) is 8.53. The van der Waals surface area contributed by atoms with E-state index in [9.17, 15) is 19.2 Å². The highest BCUT2D eigenvalue weighted by Crippen LogP contribution is 2.12. The SMILES string of the molecule is CCC(C)C(NC)C(=O)OCCCCCCOC(=O)C(NC(=O)CCC(C)=O)C(C)CC. The van der Waals surface area contributed by atoms with Gasteiger partial charge in [-0.2, -0.15) is 0 Å². The van der Waals surface area contributed by atoms with Crippen molar-refractivity contribution in [3.05, 3.63) is 0 Å². The second-order valence-corrected chi connectivity index (χ2v) is 8.53. The van der Waals surface area contributed by atoms with E-state index in [1.807, 2.05) is 27.7 Å². The summed E-state index contributed by atoms with van der Waals surface area (Å²) in [4.78, 5) is 47.6. The van der Waals surface area contributed by atoms with E-state index in [1.54, 1.807) is 7.05 Å². The van der Waals surface area contributed by atoms with Gasteiger partial charge < -0.3 is 24.9 Å². The van der Waals surface area contributed by atoms with Crippen molar-refractivity contribution in [2.45, 2.75) is 98.1 Å². The van der Waals surface area contributed by atoms with Crippen LogP contribution in [0.3, 0.4) is 0 Å². The Bertz CT molecular complexity index is 581. The Morgan fingerprint density at radius 1 is 0.750 bits per heavy atom. The summed E-state index contributed by atoms with van der Waals surface area (Å²) in [5.74, 6) is -0.860. The van der Waals surface area contributed by atoms with Gasteiger partial charge in [-0.15, -0.1) is 0 Å². The molecule has 0 aliphatic rings. The number of carbonyl (C=O) groups excluding carboxylic acids is 4. The molecule has 0 aliphatic heterocycles. The third-order valence-corrected chi connectivity index (χ3v) is 5.79. The van der Waals surface area contributed by atoms with Crippen LogP contribution in [0.25, 0.3) is 0 Å². The lowest BCUT2D eigenvalue weighted by Crippen LogP contribution is -2.46.